The van der Waals surface area contributed by atoms with Gasteiger partial charge in [0, 0.05) is 17.9 Å². The molecule has 9 heteroatoms. The van der Waals surface area contributed by atoms with Crippen molar-refractivity contribution >= 4 is 52.5 Å². The lowest BCUT2D eigenvalue weighted by atomic mass is 10.0. The van der Waals surface area contributed by atoms with Crippen LogP contribution in [0.25, 0.3) is 0 Å². The van der Waals surface area contributed by atoms with Crippen molar-refractivity contribution in [1.82, 2.24) is 5.32 Å². The maximum absolute atomic E-state index is 12.7. The van der Waals surface area contributed by atoms with Gasteiger partial charge in [0.1, 0.15) is 12.0 Å². The zero-order chi connectivity index (χ0) is 19.6. The quantitative estimate of drug-likeness (QED) is 0.724. The lowest BCUT2D eigenvalue weighted by Gasteiger charge is -2.17. The summed E-state index contributed by atoms with van der Waals surface area (Å²) in [7, 11) is 0. The first-order valence-electron chi connectivity index (χ1n) is 7.98. The minimum Gasteiger partial charge on any atom is -0.481 e. The van der Waals surface area contributed by atoms with Crippen molar-refractivity contribution in [2.24, 2.45) is 5.92 Å². The lowest BCUT2D eigenvalue weighted by Crippen LogP contribution is -2.47. The van der Waals surface area contributed by atoms with E-state index in [1.807, 2.05) is 0 Å². The molecule has 3 rings (SSSR count). The molecule has 1 fully saturated rings. The van der Waals surface area contributed by atoms with E-state index in [1.165, 1.54) is 23.1 Å². The first-order valence-corrected chi connectivity index (χ1v) is 8.74. The van der Waals surface area contributed by atoms with Crippen molar-refractivity contribution in [3.05, 3.63) is 58.6 Å². The van der Waals surface area contributed by atoms with Gasteiger partial charge in [-0.2, -0.15) is 0 Å². The monoisotopic (exact) mass is 407 g/mol. The second-order valence-corrected chi connectivity index (χ2v) is 6.75. The number of para-hydroxylation sites is 1. The van der Waals surface area contributed by atoms with Gasteiger partial charge in [0.2, 0.25) is 0 Å². The van der Waals surface area contributed by atoms with E-state index in [4.69, 9.17) is 23.2 Å². The minimum absolute atomic E-state index is 0.0318. The number of carbonyl (C=O) groups excluding carboxylic acids is 2. The molecule has 2 unspecified atom stereocenters. The molecule has 2 atom stereocenters. The summed E-state index contributed by atoms with van der Waals surface area (Å²) in [5.74, 6) is -2.73. The number of carbonyl (C=O) groups is 3. The molecule has 140 valence electrons. The van der Waals surface area contributed by atoms with Crippen LogP contribution in [0.4, 0.5) is 16.2 Å². The van der Waals surface area contributed by atoms with Gasteiger partial charge in [-0.05, 0) is 30.3 Å². The summed E-state index contributed by atoms with van der Waals surface area (Å²) < 4.78 is 0. The number of benzene rings is 2. The molecule has 3 N–H and O–H groups in total. The van der Waals surface area contributed by atoms with Gasteiger partial charge in [-0.1, -0.05) is 41.4 Å². The number of urea groups is 1. The Hall–Kier alpha value is -2.77. The molecule has 2 aromatic rings. The van der Waals surface area contributed by atoms with Crippen LogP contribution in [-0.4, -0.2) is 35.6 Å². The highest BCUT2D eigenvalue weighted by Crippen LogP contribution is 2.27. The van der Waals surface area contributed by atoms with E-state index in [-0.39, 0.29) is 11.6 Å². The van der Waals surface area contributed by atoms with E-state index in [2.05, 4.69) is 10.6 Å². The molecule has 0 radical (unpaired) electrons. The number of aliphatic carboxylic acids is 1. The summed E-state index contributed by atoms with van der Waals surface area (Å²) in [5, 5.41) is 15.0. The van der Waals surface area contributed by atoms with Gasteiger partial charge in [0.25, 0.3) is 5.91 Å². The zero-order valence-corrected chi connectivity index (χ0v) is 15.4. The first kappa shape index (κ1) is 19.0. The van der Waals surface area contributed by atoms with Gasteiger partial charge < -0.3 is 20.6 Å². The van der Waals surface area contributed by atoms with Crippen LogP contribution in [0.5, 0.6) is 0 Å². The minimum atomic E-state index is -1.19. The molecule has 2 aromatic carbocycles. The predicted molar refractivity (Wildman–Crippen MR) is 102 cm³/mol. The van der Waals surface area contributed by atoms with E-state index < -0.39 is 29.9 Å². The average molecular weight is 408 g/mol. The average Bonchev–Trinajstić information content (AvgIpc) is 2.96. The molecule has 7 nitrogen and oxygen atoms in total. The fraction of sp³-hybridized carbons (Fsp3) is 0.167. The second-order valence-electron chi connectivity index (χ2n) is 5.93. The zero-order valence-electron chi connectivity index (χ0n) is 13.9. The van der Waals surface area contributed by atoms with Crippen LogP contribution in [0, 0.1) is 5.92 Å². The lowest BCUT2D eigenvalue weighted by molar-refractivity contribution is -0.142. The number of nitrogens with zero attached hydrogens (tertiary/aromatic N) is 1. The SMILES string of the molecule is O=C(Nc1ccc(Cl)c(Cl)c1)NC1C(=O)N(c2ccccc2)CC1C(=O)O. The van der Waals surface area contributed by atoms with E-state index in [0.717, 1.165) is 0 Å². The molecule has 1 heterocycles. The van der Waals surface area contributed by atoms with Gasteiger partial charge in [-0.3, -0.25) is 9.59 Å². The van der Waals surface area contributed by atoms with Crippen LogP contribution in [0.2, 0.25) is 10.0 Å². The van der Waals surface area contributed by atoms with Crippen molar-refractivity contribution in [1.29, 1.82) is 0 Å². The van der Waals surface area contributed by atoms with Gasteiger partial charge >= 0.3 is 12.0 Å². The van der Waals surface area contributed by atoms with Gasteiger partial charge in [0.05, 0.1) is 10.0 Å². The molecule has 27 heavy (non-hydrogen) atoms. The maximum Gasteiger partial charge on any atom is 0.319 e. The summed E-state index contributed by atoms with van der Waals surface area (Å²) in [6.45, 7) is -0.0318. The number of carboxylic acid groups (broad SMARTS) is 1. The molecule has 1 aliphatic rings. The summed E-state index contributed by atoms with van der Waals surface area (Å²) in [4.78, 5) is 37.9. The van der Waals surface area contributed by atoms with Crippen LogP contribution in [0.15, 0.2) is 48.5 Å². The Labute approximate surface area is 164 Å². The van der Waals surface area contributed by atoms with E-state index in [1.54, 1.807) is 30.3 Å². The Morgan fingerprint density at radius 3 is 2.41 bits per heavy atom. The van der Waals surface area contributed by atoms with Crippen LogP contribution in [0.1, 0.15) is 0 Å². The van der Waals surface area contributed by atoms with Crippen molar-refractivity contribution in [2.45, 2.75) is 6.04 Å². The smallest absolute Gasteiger partial charge is 0.319 e. The Morgan fingerprint density at radius 1 is 1.07 bits per heavy atom. The largest absolute Gasteiger partial charge is 0.481 e. The molecule has 1 aliphatic heterocycles. The number of anilines is 2. The van der Waals surface area contributed by atoms with Crippen LogP contribution >= 0.6 is 23.2 Å². The van der Waals surface area contributed by atoms with Gasteiger partial charge in [-0.25, -0.2) is 4.79 Å². The fourth-order valence-electron chi connectivity index (χ4n) is 2.84. The second kappa shape index (κ2) is 7.85. The highest BCUT2D eigenvalue weighted by atomic mass is 35.5. The highest BCUT2D eigenvalue weighted by Gasteiger charge is 2.45. The third-order valence-corrected chi connectivity index (χ3v) is 4.90. The molecule has 3 amide bonds. The number of nitrogens with one attached hydrogen (secondary N) is 2. The first-order chi connectivity index (χ1) is 12.9. The van der Waals surface area contributed by atoms with Gasteiger partial charge in [-0.15, -0.1) is 0 Å². The van der Waals surface area contributed by atoms with Crippen molar-refractivity contribution in [3.63, 3.8) is 0 Å². The highest BCUT2D eigenvalue weighted by molar-refractivity contribution is 6.42. The maximum atomic E-state index is 12.7. The normalized spacial score (nSPS) is 19.0. The number of hydrogen-bond acceptors (Lipinski definition) is 3. The Kier molecular flexibility index (Phi) is 5.53. The summed E-state index contributed by atoms with van der Waals surface area (Å²) in [6.07, 6.45) is 0. The summed E-state index contributed by atoms with van der Waals surface area (Å²) in [5.41, 5.74) is 0.932. The Morgan fingerprint density at radius 2 is 1.78 bits per heavy atom. The van der Waals surface area contributed by atoms with Crippen molar-refractivity contribution in [3.8, 4) is 0 Å². The topological polar surface area (TPSA) is 98.7 Å². The number of amides is 3. The van der Waals surface area contributed by atoms with Crippen molar-refractivity contribution in [2.75, 3.05) is 16.8 Å². The molecule has 0 aliphatic carbocycles. The number of carboxylic acids is 1. The van der Waals surface area contributed by atoms with Crippen molar-refractivity contribution < 1.29 is 19.5 Å². The van der Waals surface area contributed by atoms with Gasteiger partial charge in [0.15, 0.2) is 0 Å². The molecule has 0 bridgehead atoms. The number of rotatable bonds is 4. The van der Waals surface area contributed by atoms with E-state index in [9.17, 15) is 19.5 Å². The molecular weight excluding hydrogens is 393 g/mol. The molecule has 0 aromatic heterocycles. The number of hydrogen-bond donors (Lipinski definition) is 3. The Balaban J connectivity index is 1.75. The molecular formula is C18H15Cl2N3O4. The fourth-order valence-corrected chi connectivity index (χ4v) is 3.14. The van der Waals surface area contributed by atoms with E-state index in [0.29, 0.717) is 16.4 Å². The van der Waals surface area contributed by atoms with E-state index >= 15 is 0 Å². The standard InChI is InChI=1S/C18H15Cl2N3O4/c19-13-7-6-10(8-14(13)20)21-18(27)22-15-12(17(25)26)9-23(16(15)24)11-4-2-1-3-5-11/h1-8,12,15H,9H2,(H,25,26)(H2,21,22,27). The van der Waals surface area contributed by atoms with Crippen LogP contribution < -0.4 is 15.5 Å². The molecule has 1 saturated heterocycles. The third-order valence-electron chi connectivity index (χ3n) is 4.16. The van der Waals surface area contributed by atoms with Crippen LogP contribution in [0.3, 0.4) is 0 Å². The Bertz CT molecular complexity index is 891. The molecule has 0 spiro atoms. The number of halogens is 2. The third kappa shape index (κ3) is 4.15. The molecule has 0 saturated carbocycles. The summed E-state index contributed by atoms with van der Waals surface area (Å²) in [6, 6.07) is 11.3. The predicted octanol–water partition coefficient (Wildman–Crippen LogP) is 3.23. The summed E-state index contributed by atoms with van der Waals surface area (Å²) >= 11 is 11.7. The van der Waals surface area contributed by atoms with Crippen LogP contribution in [-0.2, 0) is 9.59 Å².